The Kier molecular flexibility index (Phi) is 4.29. The summed E-state index contributed by atoms with van der Waals surface area (Å²) in [5, 5.41) is 4.29. The van der Waals surface area contributed by atoms with E-state index in [0.29, 0.717) is 22.7 Å². The van der Waals surface area contributed by atoms with Crippen LogP contribution in [0.4, 0.5) is 13.2 Å². The average molecular weight is 358 g/mol. The van der Waals surface area contributed by atoms with Gasteiger partial charge in [-0.15, -0.1) is 0 Å². The summed E-state index contributed by atoms with van der Waals surface area (Å²) in [7, 11) is 1.18. The second-order valence-electron chi connectivity index (χ2n) is 5.71. The van der Waals surface area contributed by atoms with Crippen molar-refractivity contribution in [2.75, 3.05) is 6.54 Å². The topological polar surface area (TPSA) is 38.1 Å². The van der Waals surface area contributed by atoms with E-state index in [9.17, 15) is 18.0 Å². The number of aryl methyl sites for hydroxylation is 1. The van der Waals surface area contributed by atoms with Gasteiger partial charge >= 0.3 is 6.18 Å². The summed E-state index contributed by atoms with van der Waals surface area (Å²) in [6.45, 7) is 0.465. The zero-order valence-electron chi connectivity index (χ0n) is 12.8. The van der Waals surface area contributed by atoms with Gasteiger partial charge in [-0.3, -0.25) is 9.48 Å². The molecule has 2 aromatic rings. The van der Waals surface area contributed by atoms with Crippen molar-refractivity contribution < 1.29 is 18.0 Å². The van der Waals surface area contributed by atoms with E-state index < -0.39 is 17.8 Å². The third-order valence-electron chi connectivity index (χ3n) is 4.17. The van der Waals surface area contributed by atoms with Crippen molar-refractivity contribution in [2.24, 2.45) is 7.05 Å². The molecule has 1 atom stereocenters. The van der Waals surface area contributed by atoms with Crippen LogP contribution in [0.5, 0.6) is 0 Å². The summed E-state index contributed by atoms with van der Waals surface area (Å²) < 4.78 is 39.4. The second kappa shape index (κ2) is 6.12. The Hall–Kier alpha value is -2.02. The standard InChI is InChI=1S/C16H15ClF3N3O/c1-22-14(16(18,19)20)9-12(21-22)15(24)23-8-4-7-13(23)10-5-2-3-6-11(10)17/h2-3,5-6,9,13H,4,7-8H2,1H3/t13-/m0/s1. The highest BCUT2D eigenvalue weighted by Crippen LogP contribution is 2.37. The fourth-order valence-corrected chi connectivity index (χ4v) is 3.32. The van der Waals surface area contributed by atoms with E-state index in [1.807, 2.05) is 12.1 Å². The van der Waals surface area contributed by atoms with Crippen LogP contribution in [-0.4, -0.2) is 27.1 Å². The maximum atomic E-state index is 12.9. The molecule has 0 unspecified atom stereocenters. The number of nitrogens with zero attached hydrogens (tertiary/aromatic N) is 3. The molecule has 1 aromatic carbocycles. The molecule has 0 bridgehead atoms. The SMILES string of the molecule is Cn1nc(C(=O)N2CCC[C@H]2c2ccccc2Cl)cc1C(F)(F)F. The van der Waals surface area contributed by atoms with Gasteiger partial charge in [-0.05, 0) is 24.5 Å². The van der Waals surface area contributed by atoms with E-state index in [-0.39, 0.29) is 11.7 Å². The summed E-state index contributed by atoms with van der Waals surface area (Å²) >= 11 is 6.20. The smallest absolute Gasteiger partial charge is 0.330 e. The maximum Gasteiger partial charge on any atom is 0.433 e. The molecule has 8 heteroatoms. The number of likely N-dealkylation sites (tertiary alicyclic amines) is 1. The van der Waals surface area contributed by atoms with Crippen LogP contribution in [0.3, 0.4) is 0 Å². The third-order valence-corrected chi connectivity index (χ3v) is 4.51. The van der Waals surface area contributed by atoms with Gasteiger partial charge in [0.1, 0.15) is 5.69 Å². The van der Waals surface area contributed by atoms with Crippen molar-refractivity contribution in [1.82, 2.24) is 14.7 Å². The number of aromatic nitrogens is 2. The average Bonchev–Trinajstić information content (AvgIpc) is 3.13. The number of halogens is 4. The lowest BCUT2D eigenvalue weighted by atomic mass is 10.0. The van der Waals surface area contributed by atoms with Crippen molar-refractivity contribution >= 4 is 17.5 Å². The molecule has 1 aliphatic rings. The quantitative estimate of drug-likeness (QED) is 0.812. The predicted octanol–water partition coefficient (Wildman–Crippen LogP) is 4.07. The van der Waals surface area contributed by atoms with Gasteiger partial charge in [0, 0.05) is 24.7 Å². The number of amides is 1. The van der Waals surface area contributed by atoms with Gasteiger partial charge in [-0.1, -0.05) is 29.8 Å². The summed E-state index contributed by atoms with van der Waals surface area (Å²) in [5.74, 6) is -0.511. The number of rotatable bonds is 2. The molecule has 1 aliphatic heterocycles. The van der Waals surface area contributed by atoms with Crippen LogP contribution in [0.15, 0.2) is 30.3 Å². The van der Waals surface area contributed by atoms with Crippen LogP contribution in [0, 0.1) is 0 Å². The summed E-state index contributed by atoms with van der Waals surface area (Å²) in [5.41, 5.74) is -0.347. The Morgan fingerprint density at radius 1 is 1.33 bits per heavy atom. The minimum absolute atomic E-state index is 0.205. The van der Waals surface area contributed by atoms with Crippen LogP contribution >= 0.6 is 11.6 Å². The molecule has 24 heavy (non-hydrogen) atoms. The number of hydrogen-bond donors (Lipinski definition) is 0. The maximum absolute atomic E-state index is 12.9. The van der Waals surface area contributed by atoms with Crippen LogP contribution in [0.1, 0.15) is 40.6 Å². The summed E-state index contributed by atoms with van der Waals surface area (Å²) in [6.07, 6.45) is -3.07. The van der Waals surface area contributed by atoms with Crippen molar-refractivity contribution in [2.45, 2.75) is 25.1 Å². The van der Waals surface area contributed by atoms with Crippen LogP contribution in [0.25, 0.3) is 0 Å². The Morgan fingerprint density at radius 2 is 2.04 bits per heavy atom. The van der Waals surface area contributed by atoms with Crippen LogP contribution in [-0.2, 0) is 13.2 Å². The number of carbonyl (C=O) groups excluding carboxylic acids is 1. The van der Waals surface area contributed by atoms with E-state index in [1.54, 1.807) is 17.0 Å². The predicted molar refractivity (Wildman–Crippen MR) is 82.7 cm³/mol. The Labute approximate surface area is 141 Å². The van der Waals surface area contributed by atoms with Crippen molar-refractivity contribution in [3.8, 4) is 0 Å². The highest BCUT2D eigenvalue weighted by atomic mass is 35.5. The molecule has 1 fully saturated rings. The van der Waals surface area contributed by atoms with Gasteiger partial charge < -0.3 is 4.90 Å². The normalized spacial score (nSPS) is 18.2. The highest BCUT2D eigenvalue weighted by molar-refractivity contribution is 6.31. The molecule has 0 aliphatic carbocycles. The van der Waals surface area contributed by atoms with E-state index in [2.05, 4.69) is 5.10 Å². The molecule has 128 valence electrons. The fourth-order valence-electron chi connectivity index (χ4n) is 3.06. The zero-order chi connectivity index (χ0) is 17.5. The van der Waals surface area contributed by atoms with Gasteiger partial charge in [0.05, 0.1) is 6.04 Å². The fraction of sp³-hybridized carbons (Fsp3) is 0.375. The number of alkyl halides is 3. The molecule has 2 heterocycles. The van der Waals surface area contributed by atoms with Gasteiger partial charge in [0.25, 0.3) is 5.91 Å². The molecule has 0 spiro atoms. The third kappa shape index (κ3) is 3.00. The largest absolute Gasteiger partial charge is 0.433 e. The summed E-state index contributed by atoms with van der Waals surface area (Å²) in [6, 6.07) is 7.73. The number of benzene rings is 1. The number of hydrogen-bond acceptors (Lipinski definition) is 2. The molecular formula is C16H15ClF3N3O. The molecule has 3 rings (SSSR count). The van der Waals surface area contributed by atoms with E-state index >= 15 is 0 Å². The monoisotopic (exact) mass is 357 g/mol. The Bertz CT molecular complexity index is 772. The summed E-state index contributed by atoms with van der Waals surface area (Å²) in [4.78, 5) is 14.2. The lowest BCUT2D eigenvalue weighted by Gasteiger charge is -2.25. The highest BCUT2D eigenvalue weighted by Gasteiger charge is 2.38. The molecule has 1 amide bonds. The van der Waals surface area contributed by atoms with Crippen LogP contribution in [0.2, 0.25) is 5.02 Å². The van der Waals surface area contributed by atoms with Gasteiger partial charge in [-0.25, -0.2) is 0 Å². The Morgan fingerprint density at radius 3 is 2.67 bits per heavy atom. The zero-order valence-corrected chi connectivity index (χ0v) is 13.6. The van der Waals surface area contributed by atoms with Crippen molar-refractivity contribution in [3.05, 3.63) is 52.3 Å². The minimum Gasteiger partial charge on any atom is -0.330 e. The number of carbonyl (C=O) groups is 1. The van der Waals surface area contributed by atoms with Crippen LogP contribution < -0.4 is 0 Å². The van der Waals surface area contributed by atoms with Gasteiger partial charge in [0.2, 0.25) is 0 Å². The molecule has 1 saturated heterocycles. The molecule has 4 nitrogen and oxygen atoms in total. The first kappa shape index (κ1) is 16.8. The molecule has 0 radical (unpaired) electrons. The van der Waals surface area contributed by atoms with Gasteiger partial charge in [0.15, 0.2) is 5.69 Å². The van der Waals surface area contributed by atoms with Crippen molar-refractivity contribution in [1.29, 1.82) is 0 Å². The first-order valence-electron chi connectivity index (χ1n) is 7.45. The molecule has 0 saturated carbocycles. The first-order valence-corrected chi connectivity index (χ1v) is 7.83. The molecule has 0 N–H and O–H groups in total. The lowest BCUT2D eigenvalue weighted by Crippen LogP contribution is -2.31. The van der Waals surface area contributed by atoms with E-state index in [1.165, 1.54) is 7.05 Å². The minimum atomic E-state index is -4.55. The molecular weight excluding hydrogens is 343 g/mol. The van der Waals surface area contributed by atoms with Gasteiger partial charge in [-0.2, -0.15) is 18.3 Å². The van der Waals surface area contributed by atoms with E-state index in [4.69, 9.17) is 11.6 Å². The van der Waals surface area contributed by atoms with E-state index in [0.717, 1.165) is 18.1 Å². The molecule has 1 aromatic heterocycles. The second-order valence-corrected chi connectivity index (χ2v) is 6.12. The first-order chi connectivity index (χ1) is 11.3. The lowest BCUT2D eigenvalue weighted by molar-refractivity contribution is -0.143. The Balaban J connectivity index is 1.91. The van der Waals surface area contributed by atoms with Crippen molar-refractivity contribution in [3.63, 3.8) is 0 Å².